The topological polar surface area (TPSA) is 76.7 Å². The fraction of sp³-hybridized carbons (Fsp3) is 0.562. The predicted molar refractivity (Wildman–Crippen MR) is 154 cm³/mol. The van der Waals surface area contributed by atoms with Gasteiger partial charge >= 0.3 is 12.2 Å². The molecule has 2 unspecified atom stereocenters. The third kappa shape index (κ3) is 14.7. The number of carbonyl (C=O) groups excluding carboxylic acids is 2. The van der Waals surface area contributed by atoms with Gasteiger partial charge in [0, 0.05) is 13.1 Å². The normalized spacial score (nSPS) is 12.4. The molecule has 0 bridgehead atoms. The Morgan fingerprint density at radius 2 is 0.974 bits per heavy atom. The fourth-order valence-electron chi connectivity index (χ4n) is 4.86. The van der Waals surface area contributed by atoms with Gasteiger partial charge in [0.15, 0.2) is 0 Å². The molecule has 2 N–H and O–H groups in total. The van der Waals surface area contributed by atoms with Gasteiger partial charge in [0.25, 0.3) is 0 Å². The molecular formula is C32H48N2O4. The maximum atomic E-state index is 11.9. The number of ether oxygens (including phenoxy) is 2. The number of aryl methyl sites for hydroxylation is 2. The smallest absolute Gasteiger partial charge is 0.407 e. The first kappa shape index (κ1) is 31.2. The van der Waals surface area contributed by atoms with Crippen LogP contribution in [0.1, 0.15) is 76.3 Å². The van der Waals surface area contributed by atoms with Crippen molar-refractivity contribution in [2.24, 2.45) is 11.8 Å². The van der Waals surface area contributed by atoms with Gasteiger partial charge in [0.2, 0.25) is 0 Å². The van der Waals surface area contributed by atoms with Gasteiger partial charge in [0.05, 0.1) is 13.2 Å². The van der Waals surface area contributed by atoms with Gasteiger partial charge in [-0.25, -0.2) is 9.59 Å². The van der Waals surface area contributed by atoms with Crippen molar-refractivity contribution in [2.75, 3.05) is 26.3 Å². The molecule has 0 saturated heterocycles. The Kier molecular flexibility index (Phi) is 16.4. The van der Waals surface area contributed by atoms with Gasteiger partial charge in [0.1, 0.15) is 0 Å². The average Bonchev–Trinajstić information content (AvgIpc) is 2.93. The van der Waals surface area contributed by atoms with Crippen molar-refractivity contribution in [3.05, 3.63) is 71.8 Å². The molecule has 0 spiro atoms. The van der Waals surface area contributed by atoms with Gasteiger partial charge in [-0.1, -0.05) is 73.5 Å². The first-order valence-corrected chi connectivity index (χ1v) is 14.5. The lowest BCUT2D eigenvalue weighted by Gasteiger charge is -2.20. The van der Waals surface area contributed by atoms with E-state index >= 15 is 0 Å². The molecule has 0 aliphatic carbocycles. The third-order valence-corrected chi connectivity index (χ3v) is 6.94. The van der Waals surface area contributed by atoms with Crippen LogP contribution >= 0.6 is 0 Å². The number of carbonyl (C=O) groups is 2. The molecular weight excluding hydrogens is 476 g/mol. The minimum Gasteiger partial charge on any atom is -0.450 e. The van der Waals surface area contributed by atoms with Crippen molar-refractivity contribution in [3.8, 4) is 0 Å². The second-order valence-electron chi connectivity index (χ2n) is 9.97. The molecule has 2 atom stereocenters. The minimum atomic E-state index is -0.330. The maximum Gasteiger partial charge on any atom is 0.407 e. The second-order valence-corrected chi connectivity index (χ2v) is 9.97. The van der Waals surface area contributed by atoms with E-state index in [1.54, 1.807) is 0 Å². The number of rotatable bonds is 19. The molecule has 0 heterocycles. The number of benzene rings is 2. The Morgan fingerprint density at radius 1 is 0.605 bits per heavy atom. The molecule has 0 aliphatic heterocycles. The molecule has 0 aliphatic rings. The molecule has 2 aromatic rings. The zero-order valence-corrected chi connectivity index (χ0v) is 23.5. The predicted octanol–water partition coefficient (Wildman–Crippen LogP) is 7.32. The zero-order chi connectivity index (χ0) is 27.3. The Labute approximate surface area is 229 Å². The van der Waals surface area contributed by atoms with E-state index in [1.165, 1.54) is 11.1 Å². The molecule has 0 saturated carbocycles. The highest BCUT2D eigenvalue weighted by Gasteiger charge is 2.14. The lowest BCUT2D eigenvalue weighted by Crippen LogP contribution is -2.30. The first-order valence-electron chi connectivity index (χ1n) is 14.5. The van der Waals surface area contributed by atoms with Gasteiger partial charge < -0.3 is 20.1 Å². The summed E-state index contributed by atoms with van der Waals surface area (Å²) in [5.41, 5.74) is 2.72. The van der Waals surface area contributed by atoms with E-state index in [0.717, 1.165) is 64.2 Å². The van der Waals surface area contributed by atoms with E-state index in [4.69, 9.17) is 9.47 Å². The highest BCUT2D eigenvalue weighted by Crippen LogP contribution is 2.21. The van der Waals surface area contributed by atoms with Crippen LogP contribution in [-0.2, 0) is 22.3 Å². The summed E-state index contributed by atoms with van der Waals surface area (Å²) < 4.78 is 10.1. The highest BCUT2D eigenvalue weighted by atomic mass is 16.6. The van der Waals surface area contributed by atoms with Crippen molar-refractivity contribution < 1.29 is 19.1 Å². The Hall–Kier alpha value is -3.02. The largest absolute Gasteiger partial charge is 0.450 e. The van der Waals surface area contributed by atoms with Gasteiger partial charge in [-0.15, -0.1) is 0 Å². The van der Waals surface area contributed by atoms with Crippen LogP contribution in [0.5, 0.6) is 0 Å². The van der Waals surface area contributed by atoms with Crippen molar-refractivity contribution in [3.63, 3.8) is 0 Å². The van der Waals surface area contributed by atoms with E-state index in [-0.39, 0.29) is 12.2 Å². The van der Waals surface area contributed by atoms with E-state index < -0.39 is 0 Å². The zero-order valence-electron chi connectivity index (χ0n) is 23.5. The Bertz CT molecular complexity index is 802. The quantitative estimate of drug-likeness (QED) is 0.189. The maximum absolute atomic E-state index is 11.9. The van der Waals surface area contributed by atoms with Gasteiger partial charge in [-0.05, 0) is 88.2 Å². The summed E-state index contributed by atoms with van der Waals surface area (Å²) in [6.07, 6.45) is 10.2. The number of alkyl carbamates (subject to hydrolysis) is 2. The van der Waals surface area contributed by atoms with Crippen LogP contribution < -0.4 is 10.6 Å². The van der Waals surface area contributed by atoms with E-state index in [2.05, 4.69) is 59.2 Å². The summed E-state index contributed by atoms with van der Waals surface area (Å²) in [5, 5.41) is 5.90. The summed E-state index contributed by atoms with van der Waals surface area (Å²) in [6.45, 7) is 5.72. The van der Waals surface area contributed by atoms with Crippen LogP contribution in [0.4, 0.5) is 9.59 Å². The van der Waals surface area contributed by atoms with Crippen molar-refractivity contribution >= 4 is 12.2 Å². The molecule has 0 aromatic heterocycles. The second kappa shape index (κ2) is 20.0. The molecule has 2 amide bonds. The van der Waals surface area contributed by atoms with Crippen LogP contribution in [0, 0.1) is 11.8 Å². The van der Waals surface area contributed by atoms with Gasteiger partial charge in [-0.3, -0.25) is 0 Å². The molecule has 6 nitrogen and oxygen atoms in total. The minimum absolute atomic E-state index is 0.330. The lowest BCUT2D eigenvalue weighted by atomic mass is 9.91. The molecule has 2 aromatic carbocycles. The van der Waals surface area contributed by atoms with Gasteiger partial charge in [-0.2, -0.15) is 0 Å². The molecule has 0 fully saturated rings. The summed E-state index contributed by atoms with van der Waals surface area (Å²) in [7, 11) is 0. The highest BCUT2D eigenvalue weighted by molar-refractivity contribution is 5.67. The Morgan fingerprint density at radius 3 is 1.34 bits per heavy atom. The number of hydrogen-bond acceptors (Lipinski definition) is 4. The number of nitrogens with one attached hydrogen (secondary N) is 2. The SMILES string of the molecule is CCOC(=O)NCC(CCCCC(CCCc1ccccc1)CNC(=O)OCC)CCCc1ccccc1. The molecule has 0 radical (unpaired) electrons. The summed E-state index contributed by atoms with van der Waals surface area (Å²) in [6, 6.07) is 21.1. The lowest BCUT2D eigenvalue weighted by molar-refractivity contribution is 0.148. The van der Waals surface area contributed by atoms with Crippen LogP contribution in [0.15, 0.2) is 60.7 Å². The molecule has 2 rings (SSSR count). The summed E-state index contributed by atoms with van der Waals surface area (Å²) in [5.74, 6) is 0.856. The number of unbranched alkanes of at least 4 members (excludes halogenated alkanes) is 1. The van der Waals surface area contributed by atoms with Crippen LogP contribution in [-0.4, -0.2) is 38.5 Å². The monoisotopic (exact) mass is 524 g/mol. The van der Waals surface area contributed by atoms with Crippen molar-refractivity contribution in [2.45, 2.75) is 78.1 Å². The fourth-order valence-corrected chi connectivity index (χ4v) is 4.86. The third-order valence-electron chi connectivity index (χ3n) is 6.94. The summed E-state index contributed by atoms with van der Waals surface area (Å²) in [4.78, 5) is 23.7. The van der Waals surface area contributed by atoms with Crippen molar-refractivity contribution in [1.29, 1.82) is 0 Å². The number of hydrogen-bond donors (Lipinski definition) is 2. The van der Waals surface area contributed by atoms with Crippen LogP contribution in [0.25, 0.3) is 0 Å². The molecule has 6 heteroatoms. The van der Waals surface area contributed by atoms with Crippen LogP contribution in [0.3, 0.4) is 0 Å². The summed E-state index contributed by atoms with van der Waals surface area (Å²) >= 11 is 0. The van der Waals surface area contributed by atoms with E-state index in [9.17, 15) is 9.59 Å². The standard InChI is InChI=1S/C32H48N2O4/c1-3-37-31(35)33-25-29(23-13-21-27-15-7-5-8-16-27)19-11-12-20-30(26-34-32(36)38-4-2)24-14-22-28-17-9-6-10-18-28/h5-10,15-18,29-30H,3-4,11-14,19-26H2,1-2H3,(H,33,35)(H,34,36). The van der Waals surface area contributed by atoms with E-state index in [1.807, 2.05) is 26.0 Å². The van der Waals surface area contributed by atoms with Crippen molar-refractivity contribution in [1.82, 2.24) is 10.6 Å². The molecule has 38 heavy (non-hydrogen) atoms. The van der Waals surface area contributed by atoms with E-state index in [0.29, 0.717) is 38.1 Å². The number of amides is 2. The first-order chi connectivity index (χ1) is 18.6. The van der Waals surface area contributed by atoms with Crippen LogP contribution in [0.2, 0.25) is 0 Å². The molecule has 210 valence electrons. The Balaban J connectivity index is 1.80. The average molecular weight is 525 g/mol.